The van der Waals surface area contributed by atoms with Crippen LogP contribution in [-0.2, 0) is 10.0 Å². The lowest BCUT2D eigenvalue weighted by atomic mass is 10.3. The maximum Gasteiger partial charge on any atom is 0.266 e. The molecule has 19 heavy (non-hydrogen) atoms. The second-order valence-corrected chi connectivity index (χ2v) is 6.62. The molecule has 2 rings (SSSR count). The molecule has 1 aromatic rings. The number of benzene rings is 1. The topological polar surface area (TPSA) is 90.5 Å². The molecule has 6 nitrogen and oxygen atoms in total. The molecule has 104 valence electrons. The standard InChI is InChI=1S/C12H18N4O2S/c1-9(2)15-7-8-16(12(15)14)19(17,18)11-5-3-10(13)4-6-11/h3-6,9,14H,7-8,13H2,1-2H3. The molecule has 3 N–H and O–H groups in total. The Bertz CT molecular complexity index is 580. The largest absolute Gasteiger partial charge is 0.399 e. The van der Waals surface area contributed by atoms with Crippen LogP contribution in [0.5, 0.6) is 0 Å². The molecular formula is C12H18N4O2S. The van der Waals surface area contributed by atoms with Crippen LogP contribution in [0.15, 0.2) is 29.2 Å². The average molecular weight is 282 g/mol. The van der Waals surface area contributed by atoms with Crippen molar-refractivity contribution in [1.82, 2.24) is 9.21 Å². The molecule has 1 aliphatic heterocycles. The summed E-state index contributed by atoms with van der Waals surface area (Å²) in [5.41, 5.74) is 6.07. The number of hydrogen-bond donors (Lipinski definition) is 2. The van der Waals surface area contributed by atoms with Crippen LogP contribution in [-0.4, -0.2) is 42.7 Å². The number of sulfonamides is 1. The van der Waals surface area contributed by atoms with Crippen LogP contribution in [0.4, 0.5) is 5.69 Å². The molecule has 1 heterocycles. The van der Waals surface area contributed by atoms with Gasteiger partial charge in [-0.15, -0.1) is 0 Å². The van der Waals surface area contributed by atoms with Crippen molar-refractivity contribution in [1.29, 1.82) is 5.41 Å². The molecular weight excluding hydrogens is 264 g/mol. The van der Waals surface area contributed by atoms with Crippen molar-refractivity contribution < 1.29 is 8.42 Å². The van der Waals surface area contributed by atoms with Crippen LogP contribution in [0.1, 0.15) is 13.8 Å². The summed E-state index contributed by atoms with van der Waals surface area (Å²) in [6, 6.07) is 6.14. The highest BCUT2D eigenvalue weighted by molar-refractivity contribution is 7.89. The molecule has 0 bridgehead atoms. The van der Waals surface area contributed by atoms with Gasteiger partial charge in [0.05, 0.1) is 11.4 Å². The van der Waals surface area contributed by atoms with Gasteiger partial charge >= 0.3 is 0 Å². The highest BCUT2D eigenvalue weighted by Gasteiger charge is 2.35. The van der Waals surface area contributed by atoms with Gasteiger partial charge in [0.15, 0.2) is 0 Å². The minimum Gasteiger partial charge on any atom is -0.399 e. The molecule has 0 atom stereocenters. The molecule has 0 spiro atoms. The van der Waals surface area contributed by atoms with E-state index in [1.54, 1.807) is 17.0 Å². The molecule has 0 radical (unpaired) electrons. The lowest BCUT2D eigenvalue weighted by Gasteiger charge is -2.24. The van der Waals surface area contributed by atoms with Crippen molar-refractivity contribution in [3.63, 3.8) is 0 Å². The third-order valence-corrected chi connectivity index (χ3v) is 4.95. The quantitative estimate of drug-likeness (QED) is 0.807. The zero-order valence-electron chi connectivity index (χ0n) is 11.0. The maximum atomic E-state index is 12.4. The minimum absolute atomic E-state index is 0.0341. The van der Waals surface area contributed by atoms with E-state index >= 15 is 0 Å². The Morgan fingerprint density at radius 3 is 2.26 bits per heavy atom. The van der Waals surface area contributed by atoms with Crippen LogP contribution in [0, 0.1) is 5.41 Å². The first-order valence-corrected chi connectivity index (χ1v) is 7.51. The Kier molecular flexibility index (Phi) is 3.40. The minimum atomic E-state index is -3.66. The molecule has 0 amide bonds. The molecule has 1 saturated heterocycles. The van der Waals surface area contributed by atoms with E-state index in [4.69, 9.17) is 11.1 Å². The van der Waals surface area contributed by atoms with Gasteiger partial charge < -0.3 is 10.6 Å². The van der Waals surface area contributed by atoms with E-state index in [2.05, 4.69) is 0 Å². The Labute approximate surface area is 113 Å². The fraction of sp³-hybridized carbons (Fsp3) is 0.417. The SMILES string of the molecule is CC(C)N1CCN(S(=O)(=O)c2ccc(N)cc2)C1=N. The summed E-state index contributed by atoms with van der Waals surface area (Å²) in [5.74, 6) is 0.0341. The van der Waals surface area contributed by atoms with Crippen molar-refractivity contribution in [3.8, 4) is 0 Å². The molecule has 0 aromatic heterocycles. The number of guanidine groups is 1. The van der Waals surface area contributed by atoms with Crippen LogP contribution < -0.4 is 5.73 Å². The van der Waals surface area contributed by atoms with Crippen molar-refractivity contribution in [2.75, 3.05) is 18.8 Å². The number of nitrogens with one attached hydrogen (secondary N) is 1. The molecule has 0 aliphatic carbocycles. The van der Waals surface area contributed by atoms with E-state index in [0.717, 1.165) is 4.31 Å². The summed E-state index contributed by atoms with van der Waals surface area (Å²) in [7, 11) is -3.66. The van der Waals surface area contributed by atoms with Crippen LogP contribution >= 0.6 is 0 Å². The van der Waals surface area contributed by atoms with Gasteiger partial charge in [-0.2, -0.15) is 0 Å². The van der Waals surface area contributed by atoms with E-state index in [0.29, 0.717) is 18.8 Å². The van der Waals surface area contributed by atoms with Crippen molar-refractivity contribution >= 4 is 21.7 Å². The summed E-state index contributed by atoms with van der Waals surface area (Å²) in [4.78, 5) is 1.92. The fourth-order valence-corrected chi connectivity index (χ4v) is 3.45. The highest BCUT2D eigenvalue weighted by Crippen LogP contribution is 2.22. The van der Waals surface area contributed by atoms with E-state index in [9.17, 15) is 8.42 Å². The van der Waals surface area contributed by atoms with Crippen LogP contribution in [0.2, 0.25) is 0 Å². The molecule has 7 heteroatoms. The van der Waals surface area contributed by atoms with Gasteiger partial charge in [-0.3, -0.25) is 5.41 Å². The average Bonchev–Trinajstić information content (AvgIpc) is 2.72. The summed E-state index contributed by atoms with van der Waals surface area (Å²) in [5, 5.41) is 7.99. The van der Waals surface area contributed by atoms with E-state index in [1.807, 2.05) is 13.8 Å². The van der Waals surface area contributed by atoms with Crippen molar-refractivity contribution in [2.24, 2.45) is 0 Å². The smallest absolute Gasteiger partial charge is 0.266 e. The molecule has 1 aliphatic rings. The lowest BCUT2D eigenvalue weighted by Crippen LogP contribution is -2.39. The van der Waals surface area contributed by atoms with Gasteiger partial charge in [0.1, 0.15) is 0 Å². The number of nitrogens with zero attached hydrogens (tertiary/aromatic N) is 2. The first-order chi connectivity index (χ1) is 8.84. The fourth-order valence-electron chi connectivity index (χ4n) is 2.06. The molecule has 0 unspecified atom stereocenters. The monoisotopic (exact) mass is 282 g/mol. The zero-order valence-corrected chi connectivity index (χ0v) is 11.8. The number of rotatable bonds is 3. The van der Waals surface area contributed by atoms with E-state index < -0.39 is 10.0 Å². The Morgan fingerprint density at radius 2 is 1.79 bits per heavy atom. The van der Waals surface area contributed by atoms with Gasteiger partial charge in [0, 0.05) is 18.3 Å². The van der Waals surface area contributed by atoms with Gasteiger partial charge in [0.25, 0.3) is 10.0 Å². The number of nitrogen functional groups attached to an aromatic ring is 1. The Morgan fingerprint density at radius 1 is 1.21 bits per heavy atom. The highest BCUT2D eigenvalue weighted by atomic mass is 32.2. The predicted molar refractivity (Wildman–Crippen MR) is 74.3 cm³/mol. The second kappa shape index (κ2) is 4.73. The second-order valence-electron chi connectivity index (χ2n) is 4.76. The van der Waals surface area contributed by atoms with Crippen molar-refractivity contribution in [3.05, 3.63) is 24.3 Å². The van der Waals surface area contributed by atoms with Gasteiger partial charge in [-0.25, -0.2) is 12.7 Å². The first kappa shape index (κ1) is 13.7. The van der Waals surface area contributed by atoms with Crippen molar-refractivity contribution in [2.45, 2.75) is 24.8 Å². The molecule has 1 fully saturated rings. The summed E-state index contributed by atoms with van der Waals surface area (Å²) in [6.45, 7) is 4.73. The predicted octanol–water partition coefficient (Wildman–Crippen LogP) is 0.918. The number of anilines is 1. The van der Waals surface area contributed by atoms with Gasteiger partial charge in [-0.1, -0.05) is 0 Å². The molecule has 1 aromatic carbocycles. The maximum absolute atomic E-state index is 12.4. The number of hydrogen-bond acceptors (Lipinski definition) is 4. The van der Waals surface area contributed by atoms with Gasteiger partial charge in [-0.05, 0) is 38.1 Å². The first-order valence-electron chi connectivity index (χ1n) is 6.07. The third-order valence-electron chi connectivity index (χ3n) is 3.14. The van der Waals surface area contributed by atoms with E-state index in [1.165, 1.54) is 12.1 Å². The zero-order chi connectivity index (χ0) is 14.2. The van der Waals surface area contributed by atoms with Crippen LogP contribution in [0.25, 0.3) is 0 Å². The van der Waals surface area contributed by atoms with Crippen LogP contribution in [0.3, 0.4) is 0 Å². The lowest BCUT2D eigenvalue weighted by molar-refractivity contribution is 0.382. The Balaban J connectivity index is 2.31. The summed E-state index contributed by atoms with van der Waals surface area (Å²) >= 11 is 0. The number of nitrogens with two attached hydrogens (primary N) is 1. The Hall–Kier alpha value is -1.76. The van der Waals surface area contributed by atoms with Gasteiger partial charge in [0.2, 0.25) is 5.96 Å². The summed E-state index contributed by atoms with van der Waals surface area (Å²) < 4.78 is 26.0. The van der Waals surface area contributed by atoms with E-state index in [-0.39, 0.29) is 16.9 Å². The third kappa shape index (κ3) is 2.37. The normalized spacial score (nSPS) is 16.5. The summed E-state index contributed by atoms with van der Waals surface area (Å²) in [6.07, 6.45) is 0. The molecule has 0 saturated carbocycles.